The van der Waals surface area contributed by atoms with Gasteiger partial charge in [0.05, 0.1) is 17.2 Å². The van der Waals surface area contributed by atoms with Gasteiger partial charge >= 0.3 is 0 Å². The summed E-state index contributed by atoms with van der Waals surface area (Å²) in [5, 5.41) is 2.97. The van der Waals surface area contributed by atoms with Crippen LogP contribution in [0.25, 0.3) is 0 Å². The van der Waals surface area contributed by atoms with E-state index in [4.69, 9.17) is 0 Å². The summed E-state index contributed by atoms with van der Waals surface area (Å²) < 4.78 is 0. The Bertz CT molecular complexity index is 871. The smallest absolute Gasteiger partial charge is 0.261 e. The summed E-state index contributed by atoms with van der Waals surface area (Å²) in [6.45, 7) is 2.79. The molecule has 0 saturated carbocycles. The first-order valence-corrected chi connectivity index (χ1v) is 9.83. The number of likely N-dealkylation sites (N-methyl/N-ethyl adjacent to an activating group) is 1. The molecule has 1 N–H and O–H groups in total. The average molecular weight is 393 g/mol. The average Bonchev–Trinajstić information content (AvgIpc) is 2.94. The van der Waals surface area contributed by atoms with Gasteiger partial charge in [0.25, 0.3) is 11.8 Å². The van der Waals surface area contributed by atoms with Crippen molar-refractivity contribution in [2.24, 2.45) is 0 Å². The molecule has 29 heavy (non-hydrogen) atoms. The summed E-state index contributed by atoms with van der Waals surface area (Å²) in [4.78, 5) is 40.3. The van der Waals surface area contributed by atoms with Gasteiger partial charge in [0.1, 0.15) is 0 Å². The predicted molar refractivity (Wildman–Crippen MR) is 112 cm³/mol. The zero-order chi connectivity index (χ0) is 21.0. The maximum Gasteiger partial charge on any atom is 0.261 e. The van der Waals surface area contributed by atoms with E-state index in [1.54, 1.807) is 24.3 Å². The zero-order valence-corrected chi connectivity index (χ0v) is 17.1. The summed E-state index contributed by atoms with van der Waals surface area (Å²) in [5.41, 5.74) is 3.22. The van der Waals surface area contributed by atoms with Gasteiger partial charge in [0.2, 0.25) is 5.91 Å². The van der Waals surface area contributed by atoms with Gasteiger partial charge in [0.15, 0.2) is 0 Å². The van der Waals surface area contributed by atoms with Gasteiger partial charge in [-0.1, -0.05) is 42.0 Å². The first kappa shape index (κ1) is 20.7. The highest BCUT2D eigenvalue weighted by atomic mass is 16.2. The number of amides is 3. The van der Waals surface area contributed by atoms with Crippen LogP contribution < -0.4 is 5.32 Å². The molecule has 0 bridgehead atoms. The fraction of sp³-hybridized carbons (Fsp3) is 0.348. The number of aryl methyl sites for hydroxylation is 1. The fourth-order valence-electron chi connectivity index (χ4n) is 3.53. The molecule has 0 fully saturated rings. The Labute approximate surface area is 171 Å². The number of rotatable bonds is 8. The predicted octanol–water partition coefficient (Wildman–Crippen LogP) is 2.79. The molecule has 6 nitrogen and oxygen atoms in total. The molecule has 1 aliphatic rings. The number of hydrogen-bond acceptors (Lipinski definition) is 4. The van der Waals surface area contributed by atoms with E-state index in [2.05, 4.69) is 34.5 Å². The number of hydrogen-bond donors (Lipinski definition) is 1. The molecule has 0 saturated heterocycles. The van der Waals surface area contributed by atoms with Crippen molar-refractivity contribution in [1.82, 2.24) is 15.1 Å². The molecule has 0 spiro atoms. The van der Waals surface area contributed by atoms with Crippen LogP contribution in [0.2, 0.25) is 0 Å². The Morgan fingerprint density at radius 3 is 2.14 bits per heavy atom. The van der Waals surface area contributed by atoms with Gasteiger partial charge in [-0.25, -0.2) is 0 Å². The van der Waals surface area contributed by atoms with Crippen LogP contribution in [-0.4, -0.2) is 54.7 Å². The summed E-state index contributed by atoms with van der Waals surface area (Å²) in [6, 6.07) is 15.2. The molecule has 3 rings (SSSR count). The van der Waals surface area contributed by atoms with E-state index in [0.717, 1.165) is 5.56 Å². The molecule has 1 atom stereocenters. The topological polar surface area (TPSA) is 69.7 Å². The molecule has 1 aliphatic heterocycles. The van der Waals surface area contributed by atoms with Crippen molar-refractivity contribution < 1.29 is 14.4 Å². The molecule has 0 aromatic heterocycles. The Morgan fingerprint density at radius 2 is 1.59 bits per heavy atom. The van der Waals surface area contributed by atoms with Crippen LogP contribution >= 0.6 is 0 Å². The molecule has 2 aromatic rings. The molecule has 152 valence electrons. The second kappa shape index (κ2) is 9.01. The lowest BCUT2D eigenvalue weighted by molar-refractivity contribution is -0.121. The van der Waals surface area contributed by atoms with Crippen LogP contribution in [0.3, 0.4) is 0 Å². The lowest BCUT2D eigenvalue weighted by Crippen LogP contribution is -2.35. The van der Waals surface area contributed by atoms with Gasteiger partial charge in [-0.3, -0.25) is 19.3 Å². The van der Waals surface area contributed by atoms with Crippen LogP contribution in [0.15, 0.2) is 48.5 Å². The van der Waals surface area contributed by atoms with Crippen LogP contribution in [0, 0.1) is 6.92 Å². The summed E-state index contributed by atoms with van der Waals surface area (Å²) in [7, 11) is 3.97. The maximum atomic E-state index is 12.4. The first-order valence-electron chi connectivity index (χ1n) is 9.83. The number of nitrogens with one attached hydrogen (secondary N) is 1. The Balaban J connectivity index is 1.48. The highest BCUT2D eigenvalue weighted by molar-refractivity contribution is 6.21. The van der Waals surface area contributed by atoms with Crippen molar-refractivity contribution in [2.45, 2.75) is 25.8 Å². The van der Waals surface area contributed by atoms with Crippen LogP contribution in [0.5, 0.6) is 0 Å². The van der Waals surface area contributed by atoms with E-state index < -0.39 is 0 Å². The SMILES string of the molecule is Cc1ccc(C(CNC(=O)CCCN2C(=O)c3ccccc3C2=O)N(C)C)cc1. The number of carbonyl (C=O) groups excluding carboxylic acids is 3. The van der Waals surface area contributed by atoms with Crippen molar-refractivity contribution in [1.29, 1.82) is 0 Å². The molecule has 1 unspecified atom stereocenters. The van der Waals surface area contributed by atoms with Gasteiger partial charge in [-0.05, 0) is 45.1 Å². The summed E-state index contributed by atoms with van der Waals surface area (Å²) >= 11 is 0. The number of fused-ring (bicyclic) bond motifs is 1. The second-order valence-electron chi connectivity index (χ2n) is 7.61. The molecule has 0 radical (unpaired) electrons. The molecular weight excluding hydrogens is 366 g/mol. The highest BCUT2D eigenvalue weighted by Crippen LogP contribution is 2.22. The van der Waals surface area contributed by atoms with Crippen molar-refractivity contribution in [3.05, 3.63) is 70.8 Å². The Kier molecular flexibility index (Phi) is 6.44. The van der Waals surface area contributed by atoms with E-state index in [9.17, 15) is 14.4 Å². The van der Waals surface area contributed by atoms with E-state index in [1.165, 1.54) is 10.5 Å². The minimum absolute atomic E-state index is 0.0794. The van der Waals surface area contributed by atoms with E-state index in [1.807, 2.05) is 21.0 Å². The van der Waals surface area contributed by atoms with Gasteiger partial charge < -0.3 is 10.2 Å². The van der Waals surface area contributed by atoms with Gasteiger partial charge in [0, 0.05) is 19.5 Å². The van der Waals surface area contributed by atoms with E-state index in [0.29, 0.717) is 24.1 Å². The number of imide groups is 1. The standard InChI is InChI=1S/C23H27N3O3/c1-16-10-12-17(13-11-16)20(25(2)3)15-24-21(27)9-6-14-26-22(28)18-7-4-5-8-19(18)23(26)29/h4-5,7-8,10-13,20H,6,9,14-15H2,1-3H3,(H,24,27). The normalized spacial score (nSPS) is 14.3. The van der Waals surface area contributed by atoms with Crippen molar-refractivity contribution >= 4 is 17.7 Å². The van der Waals surface area contributed by atoms with Crippen LogP contribution in [0.1, 0.15) is 50.7 Å². The van der Waals surface area contributed by atoms with E-state index in [-0.39, 0.29) is 36.7 Å². The Morgan fingerprint density at radius 1 is 1.00 bits per heavy atom. The molecule has 3 amide bonds. The van der Waals surface area contributed by atoms with Gasteiger partial charge in [-0.2, -0.15) is 0 Å². The minimum Gasteiger partial charge on any atom is -0.354 e. The minimum atomic E-state index is -0.280. The first-order chi connectivity index (χ1) is 13.9. The third-order valence-corrected chi connectivity index (χ3v) is 5.24. The number of carbonyl (C=O) groups is 3. The summed E-state index contributed by atoms with van der Waals surface area (Å²) in [5.74, 6) is -0.642. The monoisotopic (exact) mass is 393 g/mol. The molecule has 2 aromatic carbocycles. The quantitative estimate of drug-likeness (QED) is 0.700. The van der Waals surface area contributed by atoms with Crippen molar-refractivity contribution in [3.8, 4) is 0 Å². The lowest BCUT2D eigenvalue weighted by atomic mass is 10.0. The maximum absolute atomic E-state index is 12.4. The zero-order valence-electron chi connectivity index (χ0n) is 17.1. The molecule has 0 aliphatic carbocycles. The van der Waals surface area contributed by atoms with Crippen molar-refractivity contribution in [2.75, 3.05) is 27.2 Å². The number of benzene rings is 2. The molecular formula is C23H27N3O3. The largest absolute Gasteiger partial charge is 0.354 e. The third-order valence-electron chi connectivity index (χ3n) is 5.24. The fourth-order valence-corrected chi connectivity index (χ4v) is 3.53. The van der Waals surface area contributed by atoms with Crippen LogP contribution in [0.4, 0.5) is 0 Å². The van der Waals surface area contributed by atoms with Crippen molar-refractivity contribution in [3.63, 3.8) is 0 Å². The molecule has 1 heterocycles. The van der Waals surface area contributed by atoms with E-state index >= 15 is 0 Å². The van der Waals surface area contributed by atoms with Crippen LogP contribution in [-0.2, 0) is 4.79 Å². The highest BCUT2D eigenvalue weighted by Gasteiger charge is 2.34. The summed E-state index contributed by atoms with van der Waals surface area (Å²) in [6.07, 6.45) is 0.704. The van der Waals surface area contributed by atoms with Gasteiger partial charge in [-0.15, -0.1) is 0 Å². The molecule has 6 heteroatoms. The third kappa shape index (κ3) is 4.71. The Hall–Kier alpha value is -2.99. The second-order valence-corrected chi connectivity index (χ2v) is 7.61. The number of nitrogens with zero attached hydrogens (tertiary/aromatic N) is 2. The lowest BCUT2D eigenvalue weighted by Gasteiger charge is -2.25.